The summed E-state index contributed by atoms with van der Waals surface area (Å²) in [5, 5.41) is 3.19. The second-order valence-electron chi connectivity index (χ2n) is 3.90. The van der Waals surface area contributed by atoms with E-state index in [1.165, 1.54) is 22.3 Å². The van der Waals surface area contributed by atoms with Crippen LogP contribution in [-0.4, -0.2) is 6.54 Å². The molecule has 0 unspecified atom stereocenters. The van der Waals surface area contributed by atoms with Crippen LogP contribution >= 0.6 is 0 Å². The van der Waals surface area contributed by atoms with Gasteiger partial charge < -0.3 is 11.1 Å². The Morgan fingerprint density at radius 1 is 1.27 bits per heavy atom. The van der Waals surface area contributed by atoms with Crippen molar-refractivity contribution in [3.05, 3.63) is 52.9 Å². The van der Waals surface area contributed by atoms with Crippen LogP contribution in [0.15, 0.2) is 36.2 Å². The molecule has 0 bridgehead atoms. The van der Waals surface area contributed by atoms with Crippen LogP contribution in [0.1, 0.15) is 16.7 Å². The molecule has 1 aromatic carbocycles. The summed E-state index contributed by atoms with van der Waals surface area (Å²) in [6, 6.07) is 6.34. The molecule has 0 aromatic heterocycles. The summed E-state index contributed by atoms with van der Waals surface area (Å²) in [6.45, 7) is 5.08. The lowest BCUT2D eigenvalue weighted by atomic mass is 9.95. The maximum absolute atomic E-state index is 5.98. The number of rotatable bonds is 1. The van der Waals surface area contributed by atoms with Crippen LogP contribution in [0.5, 0.6) is 0 Å². The van der Waals surface area contributed by atoms with Crippen molar-refractivity contribution < 1.29 is 0 Å². The molecule has 0 radical (unpaired) electrons. The molecular formula is C13H16N2. The highest BCUT2D eigenvalue weighted by molar-refractivity contribution is 5.75. The van der Waals surface area contributed by atoms with Gasteiger partial charge >= 0.3 is 0 Å². The highest BCUT2D eigenvalue weighted by Crippen LogP contribution is 2.24. The number of nitrogens with one attached hydrogen (secondary N) is 1. The van der Waals surface area contributed by atoms with E-state index in [1.807, 2.05) is 12.3 Å². The average Bonchev–Trinajstić information content (AvgIpc) is 2.23. The van der Waals surface area contributed by atoms with Crippen molar-refractivity contribution in [1.29, 1.82) is 0 Å². The summed E-state index contributed by atoms with van der Waals surface area (Å²) in [5.41, 5.74) is 11.9. The molecule has 1 heterocycles. The number of hydrogen-bond donors (Lipinski definition) is 2. The van der Waals surface area contributed by atoms with Gasteiger partial charge in [-0.2, -0.15) is 0 Å². The van der Waals surface area contributed by atoms with E-state index in [1.54, 1.807) is 0 Å². The van der Waals surface area contributed by atoms with Gasteiger partial charge in [0, 0.05) is 17.8 Å². The van der Waals surface area contributed by atoms with Crippen LogP contribution in [0.4, 0.5) is 0 Å². The molecule has 0 saturated heterocycles. The van der Waals surface area contributed by atoms with Gasteiger partial charge in [-0.05, 0) is 42.8 Å². The smallest absolute Gasteiger partial charge is 0.0421 e. The van der Waals surface area contributed by atoms with Gasteiger partial charge in [0.15, 0.2) is 0 Å². The van der Waals surface area contributed by atoms with E-state index in [9.17, 15) is 0 Å². The van der Waals surface area contributed by atoms with E-state index >= 15 is 0 Å². The second kappa shape index (κ2) is 3.81. The van der Waals surface area contributed by atoms with E-state index in [-0.39, 0.29) is 0 Å². The van der Waals surface area contributed by atoms with Crippen LogP contribution < -0.4 is 11.1 Å². The Kier molecular flexibility index (Phi) is 2.50. The minimum Gasteiger partial charge on any atom is -0.398 e. The average molecular weight is 200 g/mol. The zero-order chi connectivity index (χ0) is 10.8. The Bertz CT molecular complexity index is 442. The largest absolute Gasteiger partial charge is 0.398 e. The fourth-order valence-corrected chi connectivity index (χ4v) is 1.84. The fourth-order valence-electron chi connectivity index (χ4n) is 1.84. The molecular weight excluding hydrogens is 184 g/mol. The molecule has 0 saturated carbocycles. The predicted molar refractivity (Wildman–Crippen MR) is 64.2 cm³/mol. The number of nitrogens with two attached hydrogens (primary N) is 1. The SMILES string of the molecule is Cc1cccc(C2=C(N)C=CNC2)c1C. The predicted octanol–water partition coefficient (Wildman–Crippen LogP) is 2.09. The second-order valence-corrected chi connectivity index (χ2v) is 3.90. The lowest BCUT2D eigenvalue weighted by Crippen LogP contribution is -2.18. The van der Waals surface area contributed by atoms with E-state index in [0.717, 1.165) is 12.2 Å². The van der Waals surface area contributed by atoms with E-state index in [0.29, 0.717) is 0 Å². The molecule has 0 aliphatic carbocycles. The van der Waals surface area contributed by atoms with Crippen molar-refractivity contribution in [1.82, 2.24) is 5.32 Å². The van der Waals surface area contributed by atoms with Crippen LogP contribution in [0.25, 0.3) is 5.57 Å². The van der Waals surface area contributed by atoms with Crippen molar-refractivity contribution in [2.24, 2.45) is 5.73 Å². The molecule has 1 aromatic rings. The highest BCUT2D eigenvalue weighted by atomic mass is 14.8. The summed E-state index contributed by atoms with van der Waals surface area (Å²) in [5.74, 6) is 0. The third-order valence-electron chi connectivity index (χ3n) is 2.94. The monoisotopic (exact) mass is 200 g/mol. The number of benzene rings is 1. The van der Waals surface area contributed by atoms with Gasteiger partial charge in [-0.3, -0.25) is 0 Å². The van der Waals surface area contributed by atoms with Crippen molar-refractivity contribution in [3.8, 4) is 0 Å². The van der Waals surface area contributed by atoms with Gasteiger partial charge in [-0.1, -0.05) is 18.2 Å². The summed E-state index contributed by atoms with van der Waals surface area (Å²) < 4.78 is 0. The molecule has 3 N–H and O–H groups in total. The van der Waals surface area contributed by atoms with Gasteiger partial charge in [0.2, 0.25) is 0 Å². The Morgan fingerprint density at radius 2 is 2.07 bits per heavy atom. The normalized spacial score (nSPS) is 15.3. The third-order valence-corrected chi connectivity index (χ3v) is 2.94. The molecule has 78 valence electrons. The standard InChI is InChI=1S/C13H16N2/c1-9-4-3-5-11(10(9)2)12-8-15-7-6-13(12)14/h3-7,15H,8,14H2,1-2H3. The van der Waals surface area contributed by atoms with Crippen molar-refractivity contribution in [2.75, 3.05) is 6.54 Å². The zero-order valence-corrected chi connectivity index (χ0v) is 9.17. The first-order valence-electron chi connectivity index (χ1n) is 5.15. The fraction of sp³-hybridized carbons (Fsp3) is 0.231. The van der Waals surface area contributed by atoms with E-state index in [4.69, 9.17) is 5.73 Å². The number of dihydropyridines is 1. The Hall–Kier alpha value is -1.70. The lowest BCUT2D eigenvalue weighted by Gasteiger charge is -2.17. The van der Waals surface area contributed by atoms with E-state index < -0.39 is 0 Å². The summed E-state index contributed by atoms with van der Waals surface area (Å²) in [7, 11) is 0. The zero-order valence-electron chi connectivity index (χ0n) is 9.17. The van der Waals surface area contributed by atoms with Crippen LogP contribution in [0.3, 0.4) is 0 Å². The van der Waals surface area contributed by atoms with Crippen LogP contribution in [0.2, 0.25) is 0 Å². The first-order chi connectivity index (χ1) is 7.20. The first kappa shape index (κ1) is 9.84. The molecule has 2 heteroatoms. The van der Waals surface area contributed by atoms with Crippen LogP contribution in [0, 0.1) is 13.8 Å². The number of aryl methyl sites for hydroxylation is 1. The Balaban J connectivity index is 2.54. The molecule has 1 aliphatic rings. The molecule has 1 aliphatic heterocycles. The maximum Gasteiger partial charge on any atom is 0.0421 e. The number of hydrogen-bond acceptors (Lipinski definition) is 2. The minimum absolute atomic E-state index is 0.812. The molecule has 2 nitrogen and oxygen atoms in total. The van der Waals surface area contributed by atoms with Crippen molar-refractivity contribution >= 4 is 5.57 Å². The highest BCUT2D eigenvalue weighted by Gasteiger charge is 2.10. The summed E-state index contributed by atoms with van der Waals surface area (Å²) in [4.78, 5) is 0. The summed E-state index contributed by atoms with van der Waals surface area (Å²) >= 11 is 0. The lowest BCUT2D eigenvalue weighted by molar-refractivity contribution is 0.967. The minimum atomic E-state index is 0.812. The molecule has 0 atom stereocenters. The number of allylic oxidation sites excluding steroid dienone is 1. The topological polar surface area (TPSA) is 38.0 Å². The van der Waals surface area contributed by atoms with Gasteiger partial charge in [0.25, 0.3) is 0 Å². The van der Waals surface area contributed by atoms with Gasteiger partial charge in [-0.15, -0.1) is 0 Å². The van der Waals surface area contributed by atoms with E-state index in [2.05, 4.69) is 37.4 Å². The summed E-state index contributed by atoms with van der Waals surface area (Å²) in [6.07, 6.45) is 3.81. The molecule has 15 heavy (non-hydrogen) atoms. The Morgan fingerprint density at radius 3 is 2.80 bits per heavy atom. The molecule has 0 fully saturated rings. The van der Waals surface area contributed by atoms with Crippen LogP contribution in [-0.2, 0) is 0 Å². The molecule has 0 amide bonds. The van der Waals surface area contributed by atoms with Crippen molar-refractivity contribution in [2.45, 2.75) is 13.8 Å². The Labute approximate surface area is 90.5 Å². The first-order valence-corrected chi connectivity index (χ1v) is 5.15. The maximum atomic E-state index is 5.98. The van der Waals surface area contributed by atoms with Crippen molar-refractivity contribution in [3.63, 3.8) is 0 Å². The third kappa shape index (κ3) is 1.75. The van der Waals surface area contributed by atoms with Gasteiger partial charge in [-0.25, -0.2) is 0 Å². The molecule has 0 spiro atoms. The quantitative estimate of drug-likeness (QED) is 0.728. The van der Waals surface area contributed by atoms with Gasteiger partial charge in [0.1, 0.15) is 0 Å². The van der Waals surface area contributed by atoms with Gasteiger partial charge in [0.05, 0.1) is 0 Å². The molecule has 2 rings (SSSR count).